The Hall–Kier alpha value is -2.52. The molecule has 8 nitrogen and oxygen atoms in total. The van der Waals surface area contributed by atoms with E-state index in [9.17, 15) is 8.42 Å². The summed E-state index contributed by atoms with van der Waals surface area (Å²) < 4.78 is 29.1. The Balaban J connectivity index is 1.71. The van der Waals surface area contributed by atoms with Crippen LogP contribution in [0.15, 0.2) is 40.6 Å². The highest BCUT2D eigenvalue weighted by Crippen LogP contribution is 2.25. The van der Waals surface area contributed by atoms with Crippen molar-refractivity contribution in [3.8, 4) is 11.8 Å². The molecule has 150 valence electrons. The van der Waals surface area contributed by atoms with Crippen LogP contribution in [0, 0.1) is 6.92 Å². The van der Waals surface area contributed by atoms with E-state index >= 15 is 0 Å². The number of hydrogen-bond donors (Lipinski definition) is 1. The van der Waals surface area contributed by atoms with E-state index in [0.29, 0.717) is 23.0 Å². The lowest BCUT2D eigenvalue weighted by Crippen LogP contribution is -2.34. The third-order valence-electron chi connectivity index (χ3n) is 4.53. The third-order valence-corrected chi connectivity index (χ3v) is 5.65. The van der Waals surface area contributed by atoms with Gasteiger partial charge >= 0.3 is 0 Å². The molecule has 1 fully saturated rings. The maximum Gasteiger partial charge on any atom is 0.258 e. The largest absolute Gasteiger partial charge is 0.474 e. The van der Waals surface area contributed by atoms with Gasteiger partial charge < -0.3 is 14.9 Å². The molecule has 0 saturated carbocycles. The highest BCUT2D eigenvalue weighted by molar-refractivity contribution is 7.90. The molecule has 28 heavy (non-hydrogen) atoms. The van der Waals surface area contributed by atoms with Crippen LogP contribution in [0.4, 0.5) is 0 Å². The van der Waals surface area contributed by atoms with E-state index in [1.807, 2.05) is 6.92 Å². The number of benzene rings is 1. The number of oxime groups is 1. The van der Waals surface area contributed by atoms with Crippen LogP contribution in [0.5, 0.6) is 11.8 Å². The molecule has 0 unspecified atom stereocenters. The summed E-state index contributed by atoms with van der Waals surface area (Å²) >= 11 is 0. The third kappa shape index (κ3) is 5.05. The zero-order valence-electron chi connectivity index (χ0n) is 16.2. The average molecular weight is 404 g/mol. The molecular formula is C19H24N4O4S. The summed E-state index contributed by atoms with van der Waals surface area (Å²) in [5.74, 6) is 0.827. The molecule has 1 N–H and O–H groups in total. The number of aromatic nitrogens is 2. The summed E-state index contributed by atoms with van der Waals surface area (Å²) in [4.78, 5) is 14.1. The van der Waals surface area contributed by atoms with E-state index in [1.54, 1.807) is 31.2 Å². The summed E-state index contributed by atoms with van der Waals surface area (Å²) in [6.45, 7) is 5.47. The van der Waals surface area contributed by atoms with Crippen molar-refractivity contribution in [2.75, 3.05) is 19.3 Å². The molecule has 0 radical (unpaired) electrons. The van der Waals surface area contributed by atoms with Crippen LogP contribution in [-0.4, -0.2) is 49.5 Å². The van der Waals surface area contributed by atoms with Gasteiger partial charge in [0.05, 0.1) is 16.2 Å². The van der Waals surface area contributed by atoms with Crippen molar-refractivity contribution >= 4 is 15.5 Å². The first-order chi connectivity index (χ1) is 13.3. The van der Waals surface area contributed by atoms with Crippen LogP contribution < -0.4 is 14.9 Å². The number of piperidine rings is 1. The Labute approximate surface area is 164 Å². The van der Waals surface area contributed by atoms with Crippen LogP contribution in [0.2, 0.25) is 0 Å². The Kier molecular flexibility index (Phi) is 6.25. The molecule has 0 amide bonds. The standard InChI is InChI=1S/C19H24N4O4S/c1-13-18(26-16-8-10-20-11-9-16)21-12-22-19(13)27-23-14(2)15-4-6-17(7-5-15)28(3,24)25/h4-7,12,16,20H,8-11H2,1-3H3. The van der Waals surface area contributed by atoms with Gasteiger partial charge in [0.1, 0.15) is 12.4 Å². The van der Waals surface area contributed by atoms with Gasteiger partial charge in [0.15, 0.2) is 9.84 Å². The molecule has 0 spiro atoms. The normalized spacial score (nSPS) is 16.0. The Bertz CT molecular complexity index is 952. The lowest BCUT2D eigenvalue weighted by molar-refractivity contribution is 0.153. The molecule has 1 aromatic heterocycles. The number of rotatable bonds is 6. The molecule has 1 saturated heterocycles. The van der Waals surface area contributed by atoms with Gasteiger partial charge in [0.2, 0.25) is 5.88 Å². The maximum atomic E-state index is 11.6. The first-order valence-electron chi connectivity index (χ1n) is 9.05. The Morgan fingerprint density at radius 3 is 2.43 bits per heavy atom. The maximum absolute atomic E-state index is 11.6. The number of hydrogen-bond acceptors (Lipinski definition) is 8. The second-order valence-corrected chi connectivity index (χ2v) is 8.76. The van der Waals surface area contributed by atoms with Gasteiger partial charge in [-0.1, -0.05) is 17.3 Å². The van der Waals surface area contributed by atoms with Crippen LogP contribution in [-0.2, 0) is 9.84 Å². The van der Waals surface area contributed by atoms with Gasteiger partial charge in [0.25, 0.3) is 5.88 Å². The SMILES string of the molecule is CC(=NOc1ncnc(OC2CCNCC2)c1C)c1ccc(S(C)(=O)=O)cc1. The molecule has 1 aromatic carbocycles. The lowest BCUT2D eigenvalue weighted by atomic mass is 10.1. The number of sulfone groups is 1. The van der Waals surface area contributed by atoms with Crippen molar-refractivity contribution < 1.29 is 18.0 Å². The summed E-state index contributed by atoms with van der Waals surface area (Å²) in [6, 6.07) is 6.48. The van der Waals surface area contributed by atoms with E-state index in [0.717, 1.165) is 31.5 Å². The van der Waals surface area contributed by atoms with E-state index in [-0.39, 0.29) is 11.0 Å². The molecular weight excluding hydrogens is 380 g/mol. The zero-order valence-corrected chi connectivity index (χ0v) is 17.0. The highest BCUT2D eigenvalue weighted by atomic mass is 32.2. The van der Waals surface area contributed by atoms with E-state index in [1.165, 1.54) is 12.6 Å². The first kappa shape index (κ1) is 20.2. The molecule has 1 aliphatic rings. The van der Waals surface area contributed by atoms with Crippen molar-refractivity contribution in [3.05, 3.63) is 41.7 Å². The predicted octanol–water partition coefficient (Wildman–Crippen LogP) is 2.12. The topological polar surface area (TPSA) is 103 Å². The van der Waals surface area contributed by atoms with Crippen molar-refractivity contribution in [3.63, 3.8) is 0 Å². The molecule has 0 aliphatic carbocycles. The fourth-order valence-corrected chi connectivity index (χ4v) is 3.44. The number of nitrogens with one attached hydrogen (secondary N) is 1. The molecule has 2 aromatic rings. The molecule has 3 rings (SSSR count). The monoisotopic (exact) mass is 404 g/mol. The molecule has 1 aliphatic heterocycles. The molecule has 0 atom stereocenters. The Morgan fingerprint density at radius 2 is 1.79 bits per heavy atom. The zero-order chi connectivity index (χ0) is 20.1. The van der Waals surface area contributed by atoms with Crippen LogP contribution in [0.1, 0.15) is 30.9 Å². The van der Waals surface area contributed by atoms with Gasteiger partial charge in [-0.2, -0.15) is 4.98 Å². The quantitative estimate of drug-likeness (QED) is 0.581. The summed E-state index contributed by atoms with van der Waals surface area (Å²) in [5.41, 5.74) is 2.04. The van der Waals surface area contributed by atoms with Crippen molar-refractivity contribution in [2.45, 2.75) is 37.7 Å². The number of ether oxygens (including phenoxy) is 1. The van der Waals surface area contributed by atoms with Gasteiger partial charge in [-0.25, -0.2) is 13.4 Å². The average Bonchev–Trinajstić information content (AvgIpc) is 2.68. The van der Waals surface area contributed by atoms with Gasteiger partial charge in [0, 0.05) is 6.26 Å². The van der Waals surface area contributed by atoms with E-state index in [2.05, 4.69) is 20.4 Å². The molecule has 9 heteroatoms. The molecule has 0 bridgehead atoms. The smallest absolute Gasteiger partial charge is 0.258 e. The van der Waals surface area contributed by atoms with Gasteiger partial charge in [-0.15, -0.1) is 0 Å². The van der Waals surface area contributed by atoms with Crippen LogP contribution in [0.25, 0.3) is 0 Å². The fourth-order valence-electron chi connectivity index (χ4n) is 2.81. The van der Waals surface area contributed by atoms with Crippen molar-refractivity contribution in [1.82, 2.24) is 15.3 Å². The highest BCUT2D eigenvalue weighted by Gasteiger charge is 2.18. The van der Waals surface area contributed by atoms with Crippen molar-refractivity contribution in [2.24, 2.45) is 5.16 Å². The van der Waals surface area contributed by atoms with Crippen LogP contribution >= 0.6 is 0 Å². The first-order valence-corrected chi connectivity index (χ1v) is 10.9. The molecule has 2 heterocycles. The number of nitrogens with zero attached hydrogens (tertiary/aromatic N) is 3. The predicted molar refractivity (Wildman–Crippen MR) is 106 cm³/mol. The summed E-state index contributed by atoms with van der Waals surface area (Å²) in [6.07, 6.45) is 4.56. The van der Waals surface area contributed by atoms with Crippen LogP contribution in [0.3, 0.4) is 0 Å². The second-order valence-electron chi connectivity index (χ2n) is 6.74. The fraction of sp³-hybridized carbons (Fsp3) is 0.421. The second kappa shape index (κ2) is 8.66. The summed E-state index contributed by atoms with van der Waals surface area (Å²) in [7, 11) is -3.23. The minimum Gasteiger partial charge on any atom is -0.474 e. The minimum absolute atomic E-state index is 0.126. The van der Waals surface area contributed by atoms with Gasteiger partial charge in [-0.3, -0.25) is 0 Å². The van der Waals surface area contributed by atoms with E-state index < -0.39 is 9.84 Å². The van der Waals surface area contributed by atoms with E-state index in [4.69, 9.17) is 9.57 Å². The summed E-state index contributed by atoms with van der Waals surface area (Å²) in [5, 5.41) is 7.41. The lowest BCUT2D eigenvalue weighted by Gasteiger charge is -2.23. The van der Waals surface area contributed by atoms with Gasteiger partial charge in [-0.05, 0) is 57.5 Å². The minimum atomic E-state index is -3.23. The Morgan fingerprint density at radius 1 is 1.14 bits per heavy atom. The van der Waals surface area contributed by atoms with Crippen molar-refractivity contribution in [1.29, 1.82) is 0 Å².